The van der Waals surface area contributed by atoms with E-state index in [0.717, 1.165) is 22.0 Å². The maximum atomic E-state index is 11.9. The molecule has 0 spiro atoms. The van der Waals surface area contributed by atoms with Gasteiger partial charge in [0.15, 0.2) is 0 Å². The van der Waals surface area contributed by atoms with Crippen molar-refractivity contribution >= 4 is 34.9 Å². The van der Waals surface area contributed by atoms with Gasteiger partial charge in [-0.2, -0.15) is 0 Å². The summed E-state index contributed by atoms with van der Waals surface area (Å²) in [6.07, 6.45) is 5.90. The van der Waals surface area contributed by atoms with E-state index in [1.165, 1.54) is 6.08 Å². The van der Waals surface area contributed by atoms with Gasteiger partial charge in [0.2, 0.25) is 5.91 Å². The SMILES string of the molecule is Cn1cc(-c2cccs2)nc1CCNC(=O)C=Cc1ccccc1Cl. The van der Waals surface area contributed by atoms with Crippen molar-refractivity contribution in [3.8, 4) is 10.6 Å². The number of aryl methyl sites for hydroxylation is 1. The highest BCUT2D eigenvalue weighted by Crippen LogP contribution is 2.23. The zero-order chi connectivity index (χ0) is 17.6. The van der Waals surface area contributed by atoms with E-state index < -0.39 is 0 Å². The molecule has 0 atom stereocenters. The van der Waals surface area contributed by atoms with E-state index in [2.05, 4.69) is 16.4 Å². The number of halogens is 1. The smallest absolute Gasteiger partial charge is 0.244 e. The van der Waals surface area contributed by atoms with Gasteiger partial charge < -0.3 is 9.88 Å². The normalized spacial score (nSPS) is 11.1. The molecule has 1 N–H and O–H groups in total. The maximum Gasteiger partial charge on any atom is 0.244 e. The van der Waals surface area contributed by atoms with Crippen molar-refractivity contribution in [2.75, 3.05) is 6.54 Å². The molecule has 0 aliphatic rings. The molecule has 3 aromatic rings. The van der Waals surface area contributed by atoms with E-state index in [-0.39, 0.29) is 5.91 Å². The van der Waals surface area contributed by atoms with Crippen LogP contribution >= 0.6 is 22.9 Å². The Kier molecular flexibility index (Phi) is 5.68. The largest absolute Gasteiger partial charge is 0.352 e. The molecule has 25 heavy (non-hydrogen) atoms. The summed E-state index contributed by atoms with van der Waals surface area (Å²) in [6, 6.07) is 11.5. The van der Waals surface area contributed by atoms with Crippen LogP contribution in [0.3, 0.4) is 0 Å². The van der Waals surface area contributed by atoms with Crippen LogP contribution in [0, 0.1) is 0 Å². The molecule has 6 heteroatoms. The fourth-order valence-corrected chi connectivity index (χ4v) is 3.29. The highest BCUT2D eigenvalue weighted by atomic mass is 35.5. The summed E-state index contributed by atoms with van der Waals surface area (Å²) in [5.74, 6) is 0.798. The van der Waals surface area contributed by atoms with Crippen molar-refractivity contribution < 1.29 is 4.79 Å². The summed E-state index contributed by atoms with van der Waals surface area (Å²) >= 11 is 7.73. The number of hydrogen-bond donors (Lipinski definition) is 1. The zero-order valence-corrected chi connectivity index (χ0v) is 15.3. The van der Waals surface area contributed by atoms with Gasteiger partial charge in [-0.3, -0.25) is 4.79 Å². The number of imidazole rings is 1. The number of benzene rings is 1. The molecule has 4 nitrogen and oxygen atoms in total. The molecule has 128 valence electrons. The lowest BCUT2D eigenvalue weighted by molar-refractivity contribution is -0.116. The molecule has 2 heterocycles. The van der Waals surface area contributed by atoms with Crippen LogP contribution in [0.2, 0.25) is 5.02 Å². The number of carbonyl (C=O) groups is 1. The second-order valence-corrected chi connectivity index (χ2v) is 6.88. The van der Waals surface area contributed by atoms with Crippen LogP contribution in [0.1, 0.15) is 11.4 Å². The molecule has 0 fully saturated rings. The van der Waals surface area contributed by atoms with Gasteiger partial charge in [0.1, 0.15) is 5.82 Å². The Bertz CT molecular complexity index is 884. The van der Waals surface area contributed by atoms with E-state index >= 15 is 0 Å². The molecule has 0 saturated heterocycles. The minimum Gasteiger partial charge on any atom is -0.352 e. The van der Waals surface area contributed by atoms with Crippen molar-refractivity contribution in [1.29, 1.82) is 0 Å². The minimum atomic E-state index is -0.146. The van der Waals surface area contributed by atoms with Gasteiger partial charge in [-0.05, 0) is 29.2 Å². The summed E-state index contributed by atoms with van der Waals surface area (Å²) in [4.78, 5) is 17.7. The highest BCUT2D eigenvalue weighted by Gasteiger charge is 2.08. The number of hydrogen-bond acceptors (Lipinski definition) is 3. The number of nitrogens with one attached hydrogen (secondary N) is 1. The molecule has 3 rings (SSSR count). The summed E-state index contributed by atoms with van der Waals surface area (Å²) < 4.78 is 2.00. The number of rotatable bonds is 6. The average Bonchev–Trinajstić information content (AvgIpc) is 3.24. The fraction of sp³-hybridized carbons (Fsp3) is 0.158. The van der Waals surface area contributed by atoms with Gasteiger partial charge in [-0.1, -0.05) is 35.9 Å². The first-order valence-corrected chi connectivity index (χ1v) is 9.16. The standard InChI is InChI=1S/C19H18ClN3OS/c1-23-13-16(17-7-4-12-25-17)22-18(23)10-11-21-19(24)9-8-14-5-2-3-6-15(14)20/h2-9,12-13H,10-11H2,1H3,(H,21,24). The van der Waals surface area contributed by atoms with E-state index in [4.69, 9.17) is 11.6 Å². The lowest BCUT2D eigenvalue weighted by Gasteiger charge is -2.03. The minimum absolute atomic E-state index is 0.146. The third kappa shape index (κ3) is 4.59. The second kappa shape index (κ2) is 8.14. The molecular formula is C19H18ClN3OS. The lowest BCUT2D eigenvalue weighted by Crippen LogP contribution is -2.24. The molecule has 0 saturated carbocycles. The molecule has 2 aromatic heterocycles. The number of thiophene rings is 1. The third-order valence-electron chi connectivity index (χ3n) is 3.71. The number of nitrogens with zero attached hydrogens (tertiary/aromatic N) is 2. The van der Waals surface area contributed by atoms with E-state index in [1.807, 2.05) is 47.5 Å². The topological polar surface area (TPSA) is 46.9 Å². The molecular weight excluding hydrogens is 354 g/mol. The maximum absolute atomic E-state index is 11.9. The lowest BCUT2D eigenvalue weighted by atomic mass is 10.2. The predicted octanol–water partition coefficient (Wildman–Crippen LogP) is 4.17. The number of carbonyl (C=O) groups excluding carboxylic acids is 1. The van der Waals surface area contributed by atoms with Gasteiger partial charge in [0.05, 0.1) is 10.6 Å². The van der Waals surface area contributed by atoms with Crippen LogP contribution in [-0.4, -0.2) is 22.0 Å². The first-order valence-electron chi connectivity index (χ1n) is 7.90. The Balaban J connectivity index is 1.53. The first kappa shape index (κ1) is 17.5. The molecule has 0 unspecified atom stereocenters. The van der Waals surface area contributed by atoms with E-state index in [1.54, 1.807) is 23.5 Å². The van der Waals surface area contributed by atoms with Crippen LogP contribution < -0.4 is 5.32 Å². The predicted molar refractivity (Wildman–Crippen MR) is 104 cm³/mol. The van der Waals surface area contributed by atoms with Gasteiger partial charge in [0, 0.05) is 37.3 Å². The van der Waals surface area contributed by atoms with Crippen LogP contribution in [-0.2, 0) is 18.3 Å². The Morgan fingerprint density at radius 1 is 1.32 bits per heavy atom. The third-order valence-corrected chi connectivity index (χ3v) is 4.95. The van der Waals surface area contributed by atoms with E-state index in [9.17, 15) is 4.79 Å². The number of aromatic nitrogens is 2. The molecule has 0 aliphatic heterocycles. The van der Waals surface area contributed by atoms with Crippen molar-refractivity contribution in [1.82, 2.24) is 14.9 Å². The van der Waals surface area contributed by atoms with Crippen LogP contribution in [0.25, 0.3) is 16.6 Å². The number of amides is 1. The molecule has 0 radical (unpaired) electrons. The van der Waals surface area contributed by atoms with Crippen molar-refractivity contribution in [3.63, 3.8) is 0 Å². The van der Waals surface area contributed by atoms with Crippen LogP contribution in [0.4, 0.5) is 0 Å². The first-order chi connectivity index (χ1) is 12.1. The summed E-state index contributed by atoms with van der Waals surface area (Å²) in [6.45, 7) is 0.528. The Hall–Kier alpha value is -2.37. The summed E-state index contributed by atoms with van der Waals surface area (Å²) in [5, 5.41) is 5.54. The Morgan fingerprint density at radius 3 is 2.92 bits per heavy atom. The van der Waals surface area contributed by atoms with E-state index in [0.29, 0.717) is 18.0 Å². The van der Waals surface area contributed by atoms with Crippen LogP contribution in [0.15, 0.2) is 54.1 Å². The quantitative estimate of drug-likeness (QED) is 0.661. The Morgan fingerprint density at radius 2 is 2.16 bits per heavy atom. The average molecular weight is 372 g/mol. The van der Waals surface area contributed by atoms with Gasteiger partial charge in [-0.15, -0.1) is 11.3 Å². The fourth-order valence-electron chi connectivity index (χ4n) is 2.41. The second-order valence-electron chi connectivity index (χ2n) is 5.53. The van der Waals surface area contributed by atoms with Crippen molar-refractivity contribution in [3.05, 3.63) is 70.5 Å². The molecule has 1 amide bonds. The summed E-state index contributed by atoms with van der Waals surface area (Å²) in [7, 11) is 1.97. The van der Waals surface area contributed by atoms with Crippen molar-refractivity contribution in [2.45, 2.75) is 6.42 Å². The highest BCUT2D eigenvalue weighted by molar-refractivity contribution is 7.13. The molecule has 0 aliphatic carbocycles. The van der Waals surface area contributed by atoms with Gasteiger partial charge in [-0.25, -0.2) is 4.98 Å². The molecule has 1 aromatic carbocycles. The van der Waals surface area contributed by atoms with Gasteiger partial charge in [0.25, 0.3) is 0 Å². The van der Waals surface area contributed by atoms with Gasteiger partial charge >= 0.3 is 0 Å². The monoisotopic (exact) mass is 371 g/mol. The van der Waals surface area contributed by atoms with Crippen molar-refractivity contribution in [2.24, 2.45) is 7.05 Å². The Labute approximate surface area is 155 Å². The molecule has 0 bridgehead atoms. The van der Waals surface area contributed by atoms with Crippen LogP contribution in [0.5, 0.6) is 0 Å². The zero-order valence-electron chi connectivity index (χ0n) is 13.8. The summed E-state index contributed by atoms with van der Waals surface area (Å²) in [5.41, 5.74) is 1.79.